The lowest BCUT2D eigenvalue weighted by atomic mass is 10.0. The Morgan fingerprint density at radius 1 is 1.33 bits per heavy atom. The van der Waals surface area contributed by atoms with E-state index in [1.807, 2.05) is 6.07 Å². The minimum Gasteiger partial charge on any atom is -0.478 e. The molecule has 92 valence electrons. The summed E-state index contributed by atoms with van der Waals surface area (Å²) in [5, 5.41) is 9.09. The number of rotatable bonds is 2. The molecule has 0 radical (unpaired) electrons. The highest BCUT2D eigenvalue weighted by atomic mass is 79.9. The highest BCUT2D eigenvalue weighted by Gasteiger charge is 2.20. The number of fused-ring (bicyclic) bond motifs is 1. The number of hydrogen-bond acceptors (Lipinski definition) is 3. The fraction of sp³-hybridized carbons (Fsp3) is 0.0833. The molecule has 1 aromatic heterocycles. The van der Waals surface area contributed by atoms with Gasteiger partial charge in [0, 0.05) is 18.0 Å². The SMILES string of the molecule is O=C(O)c1c[nH]cc1-c1cc(Br)c2c(c1)OCO2. The van der Waals surface area contributed by atoms with Crippen molar-refractivity contribution in [3.05, 3.63) is 34.6 Å². The van der Waals surface area contributed by atoms with Crippen LogP contribution >= 0.6 is 15.9 Å². The number of carbonyl (C=O) groups is 1. The zero-order chi connectivity index (χ0) is 12.7. The number of ether oxygens (including phenoxy) is 2. The molecule has 0 saturated heterocycles. The van der Waals surface area contributed by atoms with E-state index in [-0.39, 0.29) is 12.4 Å². The molecule has 0 atom stereocenters. The monoisotopic (exact) mass is 309 g/mol. The van der Waals surface area contributed by atoms with Gasteiger partial charge in [0.15, 0.2) is 11.5 Å². The van der Waals surface area contributed by atoms with E-state index in [1.54, 1.807) is 12.3 Å². The van der Waals surface area contributed by atoms with Gasteiger partial charge in [-0.2, -0.15) is 0 Å². The summed E-state index contributed by atoms with van der Waals surface area (Å²) in [6, 6.07) is 3.58. The molecule has 2 heterocycles. The summed E-state index contributed by atoms with van der Waals surface area (Å²) >= 11 is 3.38. The lowest BCUT2D eigenvalue weighted by Gasteiger charge is -2.05. The minimum atomic E-state index is -0.972. The van der Waals surface area contributed by atoms with E-state index in [0.29, 0.717) is 17.1 Å². The van der Waals surface area contributed by atoms with Crippen LogP contribution in [0.25, 0.3) is 11.1 Å². The van der Waals surface area contributed by atoms with Crippen molar-refractivity contribution in [1.82, 2.24) is 4.98 Å². The molecule has 1 aliphatic rings. The van der Waals surface area contributed by atoms with E-state index in [1.165, 1.54) is 6.20 Å². The molecule has 0 fully saturated rings. The molecule has 1 aromatic carbocycles. The zero-order valence-corrected chi connectivity index (χ0v) is 10.7. The first-order chi connectivity index (χ1) is 8.66. The molecule has 5 nitrogen and oxygen atoms in total. The Morgan fingerprint density at radius 3 is 2.94 bits per heavy atom. The average Bonchev–Trinajstić information content (AvgIpc) is 2.97. The van der Waals surface area contributed by atoms with Crippen LogP contribution in [0.3, 0.4) is 0 Å². The predicted molar refractivity (Wildman–Crippen MR) is 67.0 cm³/mol. The maximum atomic E-state index is 11.1. The standard InChI is InChI=1S/C12H8BrNO4/c13-9-1-6(2-10-11(9)18-5-17-10)7-3-14-4-8(7)12(15)16/h1-4,14H,5H2,(H,15,16). The third-order valence-corrected chi connectivity index (χ3v) is 3.30. The van der Waals surface area contributed by atoms with Gasteiger partial charge >= 0.3 is 5.97 Å². The summed E-state index contributed by atoms with van der Waals surface area (Å²) < 4.78 is 11.3. The fourth-order valence-electron chi connectivity index (χ4n) is 1.90. The van der Waals surface area contributed by atoms with Gasteiger partial charge in [-0.15, -0.1) is 0 Å². The maximum absolute atomic E-state index is 11.1. The molecule has 3 rings (SSSR count). The third-order valence-electron chi connectivity index (χ3n) is 2.71. The van der Waals surface area contributed by atoms with Crippen LogP contribution in [0.1, 0.15) is 10.4 Å². The molecule has 18 heavy (non-hydrogen) atoms. The first-order valence-corrected chi connectivity index (χ1v) is 5.95. The Kier molecular flexibility index (Phi) is 2.52. The van der Waals surface area contributed by atoms with Gasteiger partial charge in [-0.1, -0.05) is 0 Å². The van der Waals surface area contributed by atoms with Crippen molar-refractivity contribution in [2.45, 2.75) is 0 Å². The Balaban J connectivity index is 2.15. The van der Waals surface area contributed by atoms with Gasteiger partial charge < -0.3 is 19.6 Å². The number of carboxylic acid groups (broad SMARTS) is 1. The van der Waals surface area contributed by atoms with Crippen molar-refractivity contribution in [3.63, 3.8) is 0 Å². The van der Waals surface area contributed by atoms with Crippen LogP contribution in [0.5, 0.6) is 11.5 Å². The Bertz CT molecular complexity index is 635. The van der Waals surface area contributed by atoms with Crippen LogP contribution < -0.4 is 9.47 Å². The van der Waals surface area contributed by atoms with Crippen LogP contribution in [0.15, 0.2) is 29.0 Å². The molecule has 2 aromatic rings. The summed E-state index contributed by atoms with van der Waals surface area (Å²) in [6.07, 6.45) is 3.10. The lowest BCUT2D eigenvalue weighted by molar-refractivity contribution is 0.0698. The van der Waals surface area contributed by atoms with E-state index in [0.717, 1.165) is 10.0 Å². The van der Waals surface area contributed by atoms with Gasteiger partial charge in [0.05, 0.1) is 10.0 Å². The topological polar surface area (TPSA) is 71.5 Å². The second-order valence-corrected chi connectivity index (χ2v) is 4.63. The lowest BCUT2D eigenvalue weighted by Crippen LogP contribution is -1.96. The van der Waals surface area contributed by atoms with Gasteiger partial charge in [0.25, 0.3) is 0 Å². The number of aromatic carboxylic acids is 1. The summed E-state index contributed by atoms with van der Waals surface area (Å²) in [5.41, 5.74) is 1.59. The molecule has 2 N–H and O–H groups in total. The second kappa shape index (κ2) is 4.06. The first-order valence-electron chi connectivity index (χ1n) is 5.16. The van der Waals surface area contributed by atoms with Crippen molar-refractivity contribution < 1.29 is 19.4 Å². The molecular weight excluding hydrogens is 302 g/mol. The molecule has 6 heteroatoms. The predicted octanol–water partition coefficient (Wildman–Crippen LogP) is 2.87. The van der Waals surface area contributed by atoms with Crippen LogP contribution in [-0.4, -0.2) is 22.9 Å². The molecule has 0 spiro atoms. The van der Waals surface area contributed by atoms with Crippen LogP contribution in [0.2, 0.25) is 0 Å². The maximum Gasteiger partial charge on any atom is 0.337 e. The Hall–Kier alpha value is -1.95. The normalized spacial score (nSPS) is 12.7. The molecule has 1 aliphatic heterocycles. The number of halogens is 1. The van der Waals surface area contributed by atoms with E-state index in [4.69, 9.17) is 14.6 Å². The van der Waals surface area contributed by atoms with Crippen molar-refractivity contribution in [3.8, 4) is 22.6 Å². The number of hydrogen-bond donors (Lipinski definition) is 2. The molecule has 0 aliphatic carbocycles. The number of carboxylic acids is 1. The van der Waals surface area contributed by atoms with Gasteiger partial charge in [-0.25, -0.2) is 4.79 Å². The van der Waals surface area contributed by atoms with Gasteiger partial charge in [-0.3, -0.25) is 0 Å². The number of aromatic nitrogens is 1. The van der Waals surface area contributed by atoms with E-state index in [9.17, 15) is 4.79 Å². The summed E-state index contributed by atoms with van der Waals surface area (Å²) in [5.74, 6) is 0.281. The van der Waals surface area contributed by atoms with Crippen molar-refractivity contribution in [2.75, 3.05) is 6.79 Å². The third kappa shape index (κ3) is 1.65. The molecule has 0 amide bonds. The molecular formula is C12H8BrNO4. The summed E-state index contributed by atoms with van der Waals surface area (Å²) in [4.78, 5) is 13.9. The Labute approximate surface area is 110 Å². The van der Waals surface area contributed by atoms with Gasteiger partial charge in [-0.05, 0) is 33.6 Å². The fourth-order valence-corrected chi connectivity index (χ4v) is 2.46. The first kappa shape index (κ1) is 11.2. The van der Waals surface area contributed by atoms with Gasteiger partial charge in [0.1, 0.15) is 0 Å². The smallest absolute Gasteiger partial charge is 0.337 e. The van der Waals surface area contributed by atoms with Crippen molar-refractivity contribution in [2.24, 2.45) is 0 Å². The van der Waals surface area contributed by atoms with Gasteiger partial charge in [0.2, 0.25) is 6.79 Å². The number of H-pyrrole nitrogens is 1. The van der Waals surface area contributed by atoms with E-state index in [2.05, 4.69) is 20.9 Å². The van der Waals surface area contributed by atoms with E-state index < -0.39 is 5.97 Å². The summed E-state index contributed by atoms with van der Waals surface area (Å²) in [7, 11) is 0. The van der Waals surface area contributed by atoms with Crippen LogP contribution in [-0.2, 0) is 0 Å². The Morgan fingerprint density at radius 2 is 2.17 bits per heavy atom. The zero-order valence-electron chi connectivity index (χ0n) is 9.07. The van der Waals surface area contributed by atoms with Crippen molar-refractivity contribution >= 4 is 21.9 Å². The van der Waals surface area contributed by atoms with Crippen molar-refractivity contribution in [1.29, 1.82) is 0 Å². The highest BCUT2D eigenvalue weighted by molar-refractivity contribution is 9.10. The number of aromatic amines is 1. The van der Waals surface area contributed by atoms with Crippen LogP contribution in [0.4, 0.5) is 0 Å². The number of benzene rings is 1. The minimum absolute atomic E-state index is 0.177. The highest BCUT2D eigenvalue weighted by Crippen LogP contribution is 2.42. The molecule has 0 bridgehead atoms. The second-order valence-electron chi connectivity index (χ2n) is 3.78. The largest absolute Gasteiger partial charge is 0.478 e. The number of nitrogens with one attached hydrogen (secondary N) is 1. The van der Waals surface area contributed by atoms with Crippen LogP contribution in [0, 0.1) is 0 Å². The average molecular weight is 310 g/mol. The summed E-state index contributed by atoms with van der Waals surface area (Å²) in [6.45, 7) is 0.177. The van der Waals surface area contributed by atoms with E-state index >= 15 is 0 Å². The molecule has 0 saturated carbocycles. The quantitative estimate of drug-likeness (QED) is 0.894. The molecule has 0 unspecified atom stereocenters.